The topological polar surface area (TPSA) is 59.4 Å². The van der Waals surface area contributed by atoms with Gasteiger partial charge in [0.2, 0.25) is 0 Å². The molecule has 17 heavy (non-hydrogen) atoms. The lowest BCUT2D eigenvalue weighted by Crippen LogP contribution is -2.35. The van der Waals surface area contributed by atoms with Gasteiger partial charge < -0.3 is 10.6 Å². The standard InChI is InChI=1S/C12H21N5/c1-8-11(9(2)17(4)15-8)7-14-12(13)16(3)10-5-6-10/h10H,5-7H2,1-4H3,(H2,13,14). The summed E-state index contributed by atoms with van der Waals surface area (Å²) in [6.07, 6.45) is 2.47. The molecule has 5 nitrogen and oxygen atoms in total. The van der Waals surface area contributed by atoms with Gasteiger partial charge in [-0.05, 0) is 26.7 Å². The van der Waals surface area contributed by atoms with Crippen molar-refractivity contribution in [3.05, 3.63) is 17.0 Å². The van der Waals surface area contributed by atoms with Crippen LogP contribution in [0.25, 0.3) is 0 Å². The minimum absolute atomic E-state index is 0.606. The van der Waals surface area contributed by atoms with E-state index >= 15 is 0 Å². The fraction of sp³-hybridized carbons (Fsp3) is 0.667. The van der Waals surface area contributed by atoms with Crippen LogP contribution in [0, 0.1) is 13.8 Å². The lowest BCUT2D eigenvalue weighted by molar-refractivity contribution is 0.487. The fourth-order valence-corrected chi connectivity index (χ4v) is 1.97. The molecule has 5 heteroatoms. The highest BCUT2D eigenvalue weighted by Crippen LogP contribution is 2.25. The maximum atomic E-state index is 5.96. The second-order valence-corrected chi connectivity index (χ2v) is 4.79. The highest BCUT2D eigenvalue weighted by molar-refractivity contribution is 5.78. The molecule has 1 aromatic rings. The third-order valence-corrected chi connectivity index (χ3v) is 3.51. The molecule has 1 aliphatic carbocycles. The number of hydrogen-bond donors (Lipinski definition) is 1. The van der Waals surface area contributed by atoms with Crippen molar-refractivity contribution in [2.45, 2.75) is 39.3 Å². The minimum Gasteiger partial charge on any atom is -0.370 e. The van der Waals surface area contributed by atoms with Crippen molar-refractivity contribution in [1.29, 1.82) is 0 Å². The van der Waals surface area contributed by atoms with Crippen LogP contribution in [0.3, 0.4) is 0 Å². The van der Waals surface area contributed by atoms with E-state index in [4.69, 9.17) is 5.73 Å². The minimum atomic E-state index is 0.606. The van der Waals surface area contributed by atoms with E-state index in [0.29, 0.717) is 18.5 Å². The number of rotatable bonds is 3. The predicted molar refractivity (Wildman–Crippen MR) is 68.8 cm³/mol. The molecule has 0 atom stereocenters. The molecule has 0 amide bonds. The zero-order chi connectivity index (χ0) is 12.6. The first-order chi connectivity index (χ1) is 8.00. The molecule has 0 saturated heterocycles. The summed E-state index contributed by atoms with van der Waals surface area (Å²) >= 11 is 0. The smallest absolute Gasteiger partial charge is 0.191 e. The first kappa shape index (κ1) is 12.0. The van der Waals surface area contributed by atoms with Crippen LogP contribution in [-0.2, 0) is 13.6 Å². The van der Waals surface area contributed by atoms with E-state index in [-0.39, 0.29) is 0 Å². The molecule has 2 N–H and O–H groups in total. The van der Waals surface area contributed by atoms with Crippen LogP contribution in [0.15, 0.2) is 4.99 Å². The van der Waals surface area contributed by atoms with Gasteiger partial charge in [0.1, 0.15) is 0 Å². The number of hydrogen-bond acceptors (Lipinski definition) is 2. The van der Waals surface area contributed by atoms with Crippen LogP contribution in [0.5, 0.6) is 0 Å². The van der Waals surface area contributed by atoms with Gasteiger partial charge in [-0.15, -0.1) is 0 Å². The van der Waals surface area contributed by atoms with Crippen molar-refractivity contribution in [1.82, 2.24) is 14.7 Å². The normalized spacial score (nSPS) is 16.4. The van der Waals surface area contributed by atoms with Crippen molar-refractivity contribution in [3.63, 3.8) is 0 Å². The van der Waals surface area contributed by atoms with E-state index in [1.165, 1.54) is 18.4 Å². The Bertz CT molecular complexity index is 442. The number of aryl methyl sites for hydroxylation is 2. The van der Waals surface area contributed by atoms with Gasteiger partial charge in [-0.3, -0.25) is 4.68 Å². The number of nitrogens with zero attached hydrogens (tertiary/aromatic N) is 4. The molecule has 1 aliphatic rings. The lowest BCUT2D eigenvalue weighted by Gasteiger charge is -2.16. The molecule has 0 aliphatic heterocycles. The van der Waals surface area contributed by atoms with Crippen LogP contribution in [-0.4, -0.2) is 33.7 Å². The van der Waals surface area contributed by atoms with Gasteiger partial charge in [0, 0.05) is 31.4 Å². The third kappa shape index (κ3) is 2.43. The largest absolute Gasteiger partial charge is 0.370 e. The maximum absolute atomic E-state index is 5.96. The summed E-state index contributed by atoms with van der Waals surface area (Å²) in [5.41, 5.74) is 9.34. The summed E-state index contributed by atoms with van der Waals surface area (Å²) in [7, 11) is 3.97. The van der Waals surface area contributed by atoms with Gasteiger partial charge >= 0.3 is 0 Å². The second kappa shape index (κ2) is 4.39. The number of nitrogens with two attached hydrogens (primary N) is 1. The average Bonchev–Trinajstić information content (AvgIpc) is 3.07. The van der Waals surface area contributed by atoms with E-state index in [1.807, 2.05) is 25.7 Å². The Labute approximate surface area is 102 Å². The molecule has 0 aromatic carbocycles. The van der Waals surface area contributed by atoms with Gasteiger partial charge in [-0.1, -0.05) is 0 Å². The summed E-state index contributed by atoms with van der Waals surface area (Å²) in [6, 6.07) is 0.606. The summed E-state index contributed by atoms with van der Waals surface area (Å²) in [5, 5.41) is 4.37. The molecular weight excluding hydrogens is 214 g/mol. The summed E-state index contributed by atoms with van der Waals surface area (Å²) in [5.74, 6) is 0.634. The Hall–Kier alpha value is -1.52. The van der Waals surface area contributed by atoms with E-state index in [9.17, 15) is 0 Å². The molecule has 0 unspecified atom stereocenters. The highest BCUT2D eigenvalue weighted by atomic mass is 15.3. The molecule has 94 valence electrons. The van der Waals surface area contributed by atoms with Crippen molar-refractivity contribution in [2.75, 3.05) is 7.05 Å². The quantitative estimate of drug-likeness (QED) is 0.626. The first-order valence-electron chi connectivity index (χ1n) is 6.02. The van der Waals surface area contributed by atoms with Crippen LogP contribution in [0.1, 0.15) is 29.8 Å². The third-order valence-electron chi connectivity index (χ3n) is 3.51. The van der Waals surface area contributed by atoms with Crippen molar-refractivity contribution >= 4 is 5.96 Å². The molecule has 1 heterocycles. The molecule has 1 fully saturated rings. The van der Waals surface area contributed by atoms with E-state index in [1.54, 1.807) is 0 Å². The zero-order valence-electron chi connectivity index (χ0n) is 11.1. The lowest BCUT2D eigenvalue weighted by atomic mass is 10.2. The fourth-order valence-electron chi connectivity index (χ4n) is 1.97. The molecule has 1 aromatic heterocycles. The van der Waals surface area contributed by atoms with E-state index in [0.717, 1.165) is 11.4 Å². The van der Waals surface area contributed by atoms with Crippen LogP contribution in [0.4, 0.5) is 0 Å². The van der Waals surface area contributed by atoms with Gasteiger partial charge in [-0.25, -0.2) is 4.99 Å². The Morgan fingerprint density at radius 1 is 1.53 bits per heavy atom. The summed E-state index contributed by atoms with van der Waals surface area (Å²) < 4.78 is 1.89. The van der Waals surface area contributed by atoms with Gasteiger partial charge in [0.15, 0.2) is 5.96 Å². The molecule has 1 saturated carbocycles. The summed E-state index contributed by atoms with van der Waals surface area (Å²) in [6.45, 7) is 4.69. The molecular formula is C12H21N5. The van der Waals surface area contributed by atoms with Crippen molar-refractivity contribution in [2.24, 2.45) is 17.8 Å². The van der Waals surface area contributed by atoms with E-state index < -0.39 is 0 Å². The molecule has 0 bridgehead atoms. The van der Waals surface area contributed by atoms with Crippen molar-refractivity contribution in [3.8, 4) is 0 Å². The first-order valence-corrected chi connectivity index (χ1v) is 6.02. The van der Waals surface area contributed by atoms with Gasteiger partial charge in [-0.2, -0.15) is 5.10 Å². The Morgan fingerprint density at radius 2 is 2.18 bits per heavy atom. The average molecular weight is 235 g/mol. The summed E-state index contributed by atoms with van der Waals surface area (Å²) in [4.78, 5) is 6.53. The number of guanidine groups is 1. The predicted octanol–water partition coefficient (Wildman–Crippen LogP) is 0.946. The van der Waals surface area contributed by atoms with Crippen LogP contribution >= 0.6 is 0 Å². The number of aliphatic imine (C=N–C) groups is 1. The van der Waals surface area contributed by atoms with E-state index in [2.05, 4.69) is 21.9 Å². The Balaban J connectivity index is 2.07. The Kier molecular flexibility index (Phi) is 3.09. The second-order valence-electron chi connectivity index (χ2n) is 4.79. The SMILES string of the molecule is Cc1nn(C)c(C)c1CN=C(N)N(C)C1CC1. The maximum Gasteiger partial charge on any atom is 0.191 e. The molecule has 0 radical (unpaired) electrons. The van der Waals surface area contributed by atoms with Gasteiger partial charge in [0.05, 0.1) is 12.2 Å². The Morgan fingerprint density at radius 3 is 2.65 bits per heavy atom. The zero-order valence-corrected chi connectivity index (χ0v) is 11.1. The van der Waals surface area contributed by atoms with Crippen molar-refractivity contribution < 1.29 is 0 Å². The highest BCUT2D eigenvalue weighted by Gasteiger charge is 2.27. The molecule has 0 spiro atoms. The van der Waals surface area contributed by atoms with Gasteiger partial charge in [0.25, 0.3) is 0 Å². The monoisotopic (exact) mass is 235 g/mol. The molecule has 2 rings (SSSR count). The van der Waals surface area contributed by atoms with Crippen LogP contribution in [0.2, 0.25) is 0 Å². The number of aromatic nitrogens is 2. The van der Waals surface area contributed by atoms with Crippen LogP contribution < -0.4 is 5.73 Å².